The molecule has 2 heterocycles. The number of hydrogen-bond donors (Lipinski definition) is 2. The standard InChI is InChI=1S/C27H25N5O3S/c1-2-16-29-36(34,35)20-21-10-13-24(14-11-21)30-26(33)15-12-23-19-32(25-8-4-3-5-9-25)31-27(23)22-7-6-17-28-18-22/h2-15,17-19,29H,1,16,20H2,(H,30,33)/b15-12+. The van der Waals surface area contributed by atoms with E-state index in [4.69, 9.17) is 5.10 Å². The summed E-state index contributed by atoms with van der Waals surface area (Å²) in [6, 6.07) is 20.1. The topological polar surface area (TPSA) is 106 Å². The van der Waals surface area contributed by atoms with E-state index in [1.54, 1.807) is 47.4 Å². The zero-order valence-electron chi connectivity index (χ0n) is 19.4. The molecule has 0 saturated heterocycles. The van der Waals surface area contributed by atoms with Gasteiger partial charge in [-0.15, -0.1) is 6.58 Å². The third-order valence-corrected chi connectivity index (χ3v) is 6.46. The predicted octanol–water partition coefficient (Wildman–Crippen LogP) is 4.19. The largest absolute Gasteiger partial charge is 0.323 e. The molecule has 0 fully saturated rings. The molecular weight excluding hydrogens is 474 g/mol. The fourth-order valence-electron chi connectivity index (χ4n) is 3.44. The van der Waals surface area contributed by atoms with Gasteiger partial charge in [0.25, 0.3) is 0 Å². The average molecular weight is 500 g/mol. The van der Waals surface area contributed by atoms with Gasteiger partial charge in [-0.1, -0.05) is 36.4 Å². The van der Waals surface area contributed by atoms with Crippen molar-refractivity contribution >= 4 is 27.7 Å². The molecule has 0 saturated carbocycles. The summed E-state index contributed by atoms with van der Waals surface area (Å²) in [5.74, 6) is -0.482. The Morgan fingerprint density at radius 2 is 1.81 bits per heavy atom. The molecule has 8 nitrogen and oxygen atoms in total. The molecule has 36 heavy (non-hydrogen) atoms. The minimum absolute atomic E-state index is 0.155. The second-order valence-electron chi connectivity index (χ2n) is 7.87. The first-order valence-corrected chi connectivity index (χ1v) is 12.8. The first-order chi connectivity index (χ1) is 17.4. The Bertz CT molecular complexity index is 1460. The summed E-state index contributed by atoms with van der Waals surface area (Å²) in [4.78, 5) is 16.8. The average Bonchev–Trinajstić information content (AvgIpc) is 3.33. The summed E-state index contributed by atoms with van der Waals surface area (Å²) in [6.07, 6.45) is 9.90. The van der Waals surface area contributed by atoms with Crippen LogP contribution in [0, 0.1) is 0 Å². The number of para-hydroxylation sites is 1. The number of sulfonamides is 1. The normalized spacial score (nSPS) is 11.4. The Hall–Kier alpha value is -4.34. The molecule has 2 aromatic carbocycles. The molecule has 4 rings (SSSR count). The number of nitrogens with zero attached hydrogens (tertiary/aromatic N) is 3. The molecule has 0 atom stereocenters. The molecule has 1 amide bonds. The number of rotatable bonds is 10. The van der Waals surface area contributed by atoms with Crippen molar-refractivity contribution in [3.63, 3.8) is 0 Å². The highest BCUT2D eigenvalue weighted by Crippen LogP contribution is 2.24. The van der Waals surface area contributed by atoms with Crippen LogP contribution in [0.3, 0.4) is 0 Å². The number of amides is 1. The molecule has 0 radical (unpaired) electrons. The van der Waals surface area contributed by atoms with Crippen molar-refractivity contribution in [2.24, 2.45) is 0 Å². The molecule has 0 aliphatic heterocycles. The van der Waals surface area contributed by atoms with Gasteiger partial charge in [0.1, 0.15) is 5.69 Å². The lowest BCUT2D eigenvalue weighted by molar-refractivity contribution is -0.111. The van der Waals surface area contributed by atoms with Crippen molar-refractivity contribution in [1.82, 2.24) is 19.5 Å². The lowest BCUT2D eigenvalue weighted by Crippen LogP contribution is -2.25. The smallest absolute Gasteiger partial charge is 0.248 e. The van der Waals surface area contributed by atoms with Crippen molar-refractivity contribution in [2.45, 2.75) is 5.75 Å². The number of nitrogens with one attached hydrogen (secondary N) is 2. The number of pyridine rings is 1. The van der Waals surface area contributed by atoms with Gasteiger partial charge in [0.15, 0.2) is 0 Å². The summed E-state index contributed by atoms with van der Waals surface area (Å²) in [7, 11) is -3.45. The Morgan fingerprint density at radius 1 is 1.03 bits per heavy atom. The van der Waals surface area contributed by atoms with Crippen molar-refractivity contribution < 1.29 is 13.2 Å². The van der Waals surface area contributed by atoms with Crippen LogP contribution in [-0.2, 0) is 20.6 Å². The van der Waals surface area contributed by atoms with E-state index in [-0.39, 0.29) is 18.2 Å². The highest BCUT2D eigenvalue weighted by Gasteiger charge is 2.12. The van der Waals surface area contributed by atoms with E-state index in [0.29, 0.717) is 16.9 Å². The molecule has 4 aromatic rings. The second kappa shape index (κ2) is 11.4. The van der Waals surface area contributed by atoms with E-state index in [2.05, 4.69) is 21.6 Å². The van der Waals surface area contributed by atoms with Gasteiger partial charge in [0, 0.05) is 48.0 Å². The van der Waals surface area contributed by atoms with Gasteiger partial charge < -0.3 is 5.32 Å². The van der Waals surface area contributed by atoms with Crippen LogP contribution in [0.4, 0.5) is 5.69 Å². The van der Waals surface area contributed by atoms with E-state index in [1.165, 1.54) is 12.2 Å². The Labute approximate surface area is 210 Å². The first kappa shape index (κ1) is 24.8. The molecular formula is C27H25N5O3S. The van der Waals surface area contributed by atoms with Crippen LogP contribution in [0.15, 0.2) is 104 Å². The number of carbonyl (C=O) groups is 1. The number of aromatic nitrogens is 3. The van der Waals surface area contributed by atoms with E-state index in [1.807, 2.05) is 48.7 Å². The Morgan fingerprint density at radius 3 is 2.50 bits per heavy atom. The highest BCUT2D eigenvalue weighted by atomic mass is 32.2. The number of hydrogen-bond acceptors (Lipinski definition) is 5. The van der Waals surface area contributed by atoms with Crippen LogP contribution in [-0.4, -0.2) is 35.6 Å². The Balaban J connectivity index is 1.48. The summed E-state index contributed by atoms with van der Waals surface area (Å²) < 4.78 is 28.2. The van der Waals surface area contributed by atoms with Gasteiger partial charge >= 0.3 is 0 Å². The molecule has 2 N–H and O–H groups in total. The van der Waals surface area contributed by atoms with Gasteiger partial charge in [0.05, 0.1) is 11.4 Å². The van der Waals surface area contributed by atoms with E-state index in [0.717, 1.165) is 16.8 Å². The molecule has 0 spiro atoms. The van der Waals surface area contributed by atoms with E-state index in [9.17, 15) is 13.2 Å². The van der Waals surface area contributed by atoms with Crippen molar-refractivity contribution in [3.8, 4) is 16.9 Å². The minimum Gasteiger partial charge on any atom is -0.323 e. The molecule has 182 valence electrons. The van der Waals surface area contributed by atoms with E-state index < -0.39 is 10.0 Å². The third kappa shape index (κ3) is 6.62. The van der Waals surface area contributed by atoms with Crippen molar-refractivity contribution in [1.29, 1.82) is 0 Å². The molecule has 9 heteroatoms. The summed E-state index contributed by atoms with van der Waals surface area (Å²) in [6.45, 7) is 3.68. The Kier molecular flexibility index (Phi) is 7.84. The second-order valence-corrected chi connectivity index (χ2v) is 9.68. The van der Waals surface area contributed by atoms with E-state index >= 15 is 0 Å². The van der Waals surface area contributed by atoms with Gasteiger partial charge in [-0.05, 0) is 48.0 Å². The third-order valence-electron chi connectivity index (χ3n) is 5.14. The summed E-state index contributed by atoms with van der Waals surface area (Å²) in [5, 5.41) is 7.49. The van der Waals surface area contributed by atoms with Gasteiger partial charge in [-0.25, -0.2) is 17.8 Å². The van der Waals surface area contributed by atoms with Gasteiger partial charge in [-0.3, -0.25) is 9.78 Å². The van der Waals surface area contributed by atoms with Gasteiger partial charge in [-0.2, -0.15) is 5.10 Å². The van der Waals surface area contributed by atoms with Crippen molar-refractivity contribution in [3.05, 3.63) is 115 Å². The summed E-state index contributed by atoms with van der Waals surface area (Å²) in [5.41, 5.74) is 4.35. The molecule has 0 aliphatic rings. The zero-order chi connectivity index (χ0) is 25.4. The zero-order valence-corrected chi connectivity index (χ0v) is 20.2. The fraction of sp³-hybridized carbons (Fsp3) is 0.0741. The maximum Gasteiger partial charge on any atom is 0.248 e. The quantitative estimate of drug-likeness (QED) is 0.251. The molecule has 2 aromatic heterocycles. The van der Waals surface area contributed by atoms with Crippen LogP contribution in [0.2, 0.25) is 0 Å². The molecule has 0 bridgehead atoms. The fourth-order valence-corrected chi connectivity index (χ4v) is 4.54. The van der Waals surface area contributed by atoms with Crippen LogP contribution in [0.25, 0.3) is 23.0 Å². The SMILES string of the molecule is C=CCNS(=O)(=O)Cc1ccc(NC(=O)/C=C/c2cn(-c3ccccc3)nc2-c2cccnc2)cc1. The summed E-state index contributed by atoms with van der Waals surface area (Å²) >= 11 is 0. The van der Waals surface area contributed by atoms with Crippen LogP contribution >= 0.6 is 0 Å². The minimum atomic E-state index is -3.45. The van der Waals surface area contributed by atoms with Crippen LogP contribution in [0.5, 0.6) is 0 Å². The number of anilines is 1. The molecule has 0 unspecified atom stereocenters. The highest BCUT2D eigenvalue weighted by molar-refractivity contribution is 7.88. The maximum atomic E-state index is 12.6. The first-order valence-electron chi connectivity index (χ1n) is 11.2. The number of benzene rings is 2. The van der Waals surface area contributed by atoms with Gasteiger partial charge in [0.2, 0.25) is 15.9 Å². The van der Waals surface area contributed by atoms with Crippen LogP contribution in [0.1, 0.15) is 11.1 Å². The maximum absolute atomic E-state index is 12.6. The number of carbonyl (C=O) groups excluding carboxylic acids is 1. The molecule has 0 aliphatic carbocycles. The monoisotopic (exact) mass is 499 g/mol. The van der Waals surface area contributed by atoms with Crippen LogP contribution < -0.4 is 10.0 Å². The van der Waals surface area contributed by atoms with Crippen molar-refractivity contribution in [2.75, 3.05) is 11.9 Å². The lowest BCUT2D eigenvalue weighted by atomic mass is 10.1. The lowest BCUT2D eigenvalue weighted by Gasteiger charge is -2.06. The predicted molar refractivity (Wildman–Crippen MR) is 142 cm³/mol.